The summed E-state index contributed by atoms with van der Waals surface area (Å²) >= 11 is 0. The van der Waals surface area contributed by atoms with E-state index >= 15 is 0 Å². The molecule has 0 fully saturated rings. The number of rotatable bonds is 8. The number of carbonyl (C=O) groups excluding carboxylic acids is 2. The molecule has 0 aliphatic rings. The van der Waals surface area contributed by atoms with E-state index in [1.54, 1.807) is 38.1 Å². The maximum absolute atomic E-state index is 13.1. The van der Waals surface area contributed by atoms with Crippen molar-refractivity contribution < 1.29 is 22.4 Å². The number of hydrogen-bond acceptors (Lipinski definition) is 4. The first-order chi connectivity index (χ1) is 13.2. The molecule has 2 aromatic rings. The van der Waals surface area contributed by atoms with Gasteiger partial charge in [0, 0.05) is 30.3 Å². The van der Waals surface area contributed by atoms with Crippen LogP contribution in [0.25, 0.3) is 0 Å². The van der Waals surface area contributed by atoms with Gasteiger partial charge in [0.05, 0.1) is 4.90 Å². The number of amides is 2. The zero-order valence-corrected chi connectivity index (χ0v) is 16.3. The third kappa shape index (κ3) is 6.14. The van der Waals surface area contributed by atoms with Gasteiger partial charge in [0.1, 0.15) is 5.82 Å². The second-order valence-corrected chi connectivity index (χ2v) is 8.10. The average molecular weight is 407 g/mol. The van der Waals surface area contributed by atoms with E-state index < -0.39 is 15.8 Å². The maximum atomic E-state index is 13.1. The molecule has 2 aromatic carbocycles. The number of anilines is 1. The van der Waals surface area contributed by atoms with Crippen LogP contribution in [0.1, 0.15) is 24.2 Å². The molecule has 0 unspecified atom stereocenters. The molecular formula is C19H22FN3O4S. The van der Waals surface area contributed by atoms with Crippen LogP contribution < -0.4 is 15.4 Å². The van der Waals surface area contributed by atoms with Gasteiger partial charge in [0.25, 0.3) is 5.91 Å². The fourth-order valence-corrected chi connectivity index (χ4v) is 3.24. The SMILES string of the molecule is CC(C)C(=O)Nc1ccc(C(=O)NCCNS(=O)(=O)c2cccc(F)c2)cc1. The maximum Gasteiger partial charge on any atom is 0.251 e. The number of sulfonamides is 1. The Morgan fingerprint density at radius 2 is 1.71 bits per heavy atom. The Morgan fingerprint density at radius 1 is 1.04 bits per heavy atom. The molecule has 0 radical (unpaired) electrons. The lowest BCUT2D eigenvalue weighted by atomic mass is 10.1. The fourth-order valence-electron chi connectivity index (χ4n) is 2.17. The summed E-state index contributed by atoms with van der Waals surface area (Å²) in [4.78, 5) is 23.6. The van der Waals surface area contributed by atoms with Gasteiger partial charge in [-0.15, -0.1) is 0 Å². The predicted molar refractivity (Wildman–Crippen MR) is 104 cm³/mol. The van der Waals surface area contributed by atoms with E-state index in [-0.39, 0.29) is 35.7 Å². The zero-order valence-electron chi connectivity index (χ0n) is 15.5. The molecule has 3 N–H and O–H groups in total. The van der Waals surface area contributed by atoms with Crippen molar-refractivity contribution in [2.45, 2.75) is 18.7 Å². The highest BCUT2D eigenvalue weighted by Gasteiger charge is 2.14. The first-order valence-electron chi connectivity index (χ1n) is 8.63. The van der Waals surface area contributed by atoms with Crippen molar-refractivity contribution >= 4 is 27.5 Å². The van der Waals surface area contributed by atoms with E-state index in [2.05, 4.69) is 15.4 Å². The first kappa shape index (κ1) is 21.5. The van der Waals surface area contributed by atoms with Crippen molar-refractivity contribution in [1.29, 1.82) is 0 Å². The standard InChI is InChI=1S/C19H22FN3O4S/c1-13(2)18(24)23-16-8-6-14(7-9-16)19(25)21-10-11-22-28(26,27)17-5-3-4-15(20)12-17/h3-9,12-13,22H,10-11H2,1-2H3,(H,21,25)(H,23,24). The molecule has 0 aliphatic carbocycles. The number of nitrogens with one attached hydrogen (secondary N) is 3. The molecule has 7 nitrogen and oxygen atoms in total. The first-order valence-corrected chi connectivity index (χ1v) is 10.1. The lowest BCUT2D eigenvalue weighted by Crippen LogP contribution is -2.34. The third-order valence-electron chi connectivity index (χ3n) is 3.75. The number of hydrogen-bond donors (Lipinski definition) is 3. The Hall–Kier alpha value is -2.78. The molecule has 28 heavy (non-hydrogen) atoms. The minimum absolute atomic E-state index is 0.0485. The number of halogens is 1. The minimum atomic E-state index is -3.85. The second-order valence-electron chi connectivity index (χ2n) is 6.33. The zero-order chi connectivity index (χ0) is 20.7. The summed E-state index contributed by atoms with van der Waals surface area (Å²) in [6, 6.07) is 11.0. The molecule has 0 saturated carbocycles. The van der Waals surface area contributed by atoms with Gasteiger partial charge in [-0.2, -0.15) is 0 Å². The van der Waals surface area contributed by atoms with Gasteiger partial charge in [-0.1, -0.05) is 19.9 Å². The lowest BCUT2D eigenvalue weighted by Gasteiger charge is -2.10. The highest BCUT2D eigenvalue weighted by atomic mass is 32.2. The van der Waals surface area contributed by atoms with Crippen LogP contribution in [0.5, 0.6) is 0 Å². The summed E-state index contributed by atoms with van der Waals surface area (Å²) in [5.74, 6) is -1.31. The molecule has 0 heterocycles. The number of carbonyl (C=O) groups is 2. The molecule has 150 valence electrons. The molecule has 2 amide bonds. The van der Waals surface area contributed by atoms with Crippen molar-refractivity contribution in [3.8, 4) is 0 Å². The number of benzene rings is 2. The molecule has 0 bridgehead atoms. The average Bonchev–Trinajstić information content (AvgIpc) is 2.65. The summed E-state index contributed by atoms with van der Waals surface area (Å²) in [6.07, 6.45) is 0. The summed E-state index contributed by atoms with van der Waals surface area (Å²) in [5.41, 5.74) is 0.952. The van der Waals surface area contributed by atoms with E-state index in [4.69, 9.17) is 0 Å². The van der Waals surface area contributed by atoms with Crippen molar-refractivity contribution in [2.75, 3.05) is 18.4 Å². The lowest BCUT2D eigenvalue weighted by molar-refractivity contribution is -0.118. The van der Waals surface area contributed by atoms with Crippen LogP contribution in [-0.2, 0) is 14.8 Å². The largest absolute Gasteiger partial charge is 0.351 e. The second kappa shape index (κ2) is 9.43. The molecule has 0 atom stereocenters. The molecule has 2 rings (SSSR count). The Kier molecular flexibility index (Phi) is 7.24. The quantitative estimate of drug-likeness (QED) is 0.583. The summed E-state index contributed by atoms with van der Waals surface area (Å²) in [7, 11) is -3.85. The van der Waals surface area contributed by atoms with E-state index in [0.717, 1.165) is 12.1 Å². The Bertz CT molecular complexity index is 944. The predicted octanol–water partition coefficient (Wildman–Crippen LogP) is 2.13. The van der Waals surface area contributed by atoms with E-state index in [1.807, 2.05) is 0 Å². The van der Waals surface area contributed by atoms with Crippen LogP contribution in [0.4, 0.5) is 10.1 Å². The van der Waals surface area contributed by atoms with E-state index in [9.17, 15) is 22.4 Å². The van der Waals surface area contributed by atoms with E-state index in [1.165, 1.54) is 12.1 Å². The summed E-state index contributed by atoms with van der Waals surface area (Å²) < 4.78 is 39.5. The third-order valence-corrected chi connectivity index (χ3v) is 5.21. The smallest absolute Gasteiger partial charge is 0.251 e. The van der Waals surface area contributed by atoms with Gasteiger partial charge in [-0.05, 0) is 42.5 Å². The molecule has 0 spiro atoms. The van der Waals surface area contributed by atoms with Gasteiger partial charge in [0.15, 0.2) is 0 Å². The van der Waals surface area contributed by atoms with Crippen LogP contribution in [0.15, 0.2) is 53.4 Å². The van der Waals surface area contributed by atoms with Crippen LogP contribution in [0, 0.1) is 11.7 Å². The summed E-state index contributed by atoms with van der Waals surface area (Å²) in [6.45, 7) is 3.56. The van der Waals surface area contributed by atoms with Crippen molar-refractivity contribution in [2.24, 2.45) is 5.92 Å². The topological polar surface area (TPSA) is 104 Å². The van der Waals surface area contributed by atoms with Crippen LogP contribution in [0.3, 0.4) is 0 Å². The molecule has 0 aromatic heterocycles. The highest BCUT2D eigenvalue weighted by Crippen LogP contribution is 2.11. The molecular weight excluding hydrogens is 385 g/mol. The van der Waals surface area contributed by atoms with Gasteiger partial charge < -0.3 is 10.6 Å². The minimum Gasteiger partial charge on any atom is -0.351 e. The van der Waals surface area contributed by atoms with Crippen LogP contribution in [-0.4, -0.2) is 33.3 Å². The normalized spacial score (nSPS) is 11.3. The van der Waals surface area contributed by atoms with Crippen molar-refractivity contribution in [3.05, 3.63) is 59.9 Å². The van der Waals surface area contributed by atoms with Gasteiger partial charge >= 0.3 is 0 Å². The molecule has 0 aliphatic heterocycles. The monoisotopic (exact) mass is 407 g/mol. The summed E-state index contributed by atoms with van der Waals surface area (Å²) in [5, 5.41) is 5.31. The van der Waals surface area contributed by atoms with Gasteiger partial charge in [0.2, 0.25) is 15.9 Å². The van der Waals surface area contributed by atoms with Crippen LogP contribution in [0.2, 0.25) is 0 Å². The molecule has 0 saturated heterocycles. The fraction of sp³-hybridized carbons (Fsp3) is 0.263. The Balaban J connectivity index is 1.83. The highest BCUT2D eigenvalue weighted by molar-refractivity contribution is 7.89. The van der Waals surface area contributed by atoms with Crippen LogP contribution >= 0.6 is 0 Å². The molecule has 9 heteroatoms. The van der Waals surface area contributed by atoms with Crippen molar-refractivity contribution in [1.82, 2.24) is 10.0 Å². The van der Waals surface area contributed by atoms with E-state index in [0.29, 0.717) is 11.3 Å². The Labute approximate surface area is 163 Å². The van der Waals surface area contributed by atoms with Gasteiger partial charge in [-0.25, -0.2) is 17.5 Å². The van der Waals surface area contributed by atoms with Gasteiger partial charge in [-0.3, -0.25) is 9.59 Å². The Morgan fingerprint density at radius 3 is 2.32 bits per heavy atom. The van der Waals surface area contributed by atoms with Crippen molar-refractivity contribution in [3.63, 3.8) is 0 Å².